The summed E-state index contributed by atoms with van der Waals surface area (Å²) >= 11 is 4.57. The third-order valence-corrected chi connectivity index (χ3v) is 2.24. The molecule has 0 amide bonds. The van der Waals surface area contributed by atoms with Crippen LogP contribution in [0.2, 0.25) is 0 Å². The van der Waals surface area contributed by atoms with Crippen molar-refractivity contribution in [3.8, 4) is 0 Å². The van der Waals surface area contributed by atoms with Crippen molar-refractivity contribution in [3.63, 3.8) is 0 Å². The molecule has 0 saturated carbocycles. The van der Waals surface area contributed by atoms with Crippen molar-refractivity contribution in [2.75, 3.05) is 11.4 Å². The molecule has 14 heavy (non-hydrogen) atoms. The topological polar surface area (TPSA) is 3.24 Å². The highest BCUT2D eigenvalue weighted by Crippen LogP contribution is 2.15. The Morgan fingerprint density at radius 1 is 1.36 bits per heavy atom. The van der Waals surface area contributed by atoms with E-state index in [2.05, 4.69) is 19.1 Å². The average molecular weight is 211 g/mol. The predicted molar refractivity (Wildman–Crippen MR) is 62.4 cm³/mol. The standard InChI is InChI=1S/C11H14FNS/c1-2-3-9-13(11(12)14)10-7-5-4-6-8-10/h4-8H,2-3,9H2,1H3. The maximum Gasteiger partial charge on any atom is 0.260 e. The van der Waals surface area contributed by atoms with Gasteiger partial charge in [-0.1, -0.05) is 31.5 Å². The van der Waals surface area contributed by atoms with Crippen LogP contribution in [-0.2, 0) is 0 Å². The number of rotatable bonds is 4. The highest BCUT2D eigenvalue weighted by Gasteiger charge is 2.09. The fourth-order valence-electron chi connectivity index (χ4n) is 1.24. The summed E-state index contributed by atoms with van der Waals surface area (Å²) in [7, 11) is 0. The number of para-hydroxylation sites is 1. The van der Waals surface area contributed by atoms with Gasteiger partial charge in [-0.3, -0.25) is 0 Å². The normalized spacial score (nSPS) is 9.86. The van der Waals surface area contributed by atoms with Crippen molar-refractivity contribution in [2.45, 2.75) is 19.8 Å². The number of unbranched alkanes of at least 4 members (excludes halogenated alkanes) is 1. The monoisotopic (exact) mass is 211 g/mol. The van der Waals surface area contributed by atoms with Crippen LogP contribution in [0, 0.1) is 0 Å². The molecule has 1 nitrogen and oxygen atoms in total. The van der Waals surface area contributed by atoms with Crippen molar-refractivity contribution in [1.29, 1.82) is 0 Å². The predicted octanol–water partition coefficient (Wildman–Crippen LogP) is 3.55. The van der Waals surface area contributed by atoms with Gasteiger partial charge in [-0.05, 0) is 30.8 Å². The van der Waals surface area contributed by atoms with Gasteiger partial charge >= 0.3 is 0 Å². The van der Waals surface area contributed by atoms with Crippen LogP contribution < -0.4 is 4.90 Å². The van der Waals surface area contributed by atoms with Gasteiger partial charge in [0.05, 0.1) is 0 Å². The SMILES string of the molecule is CCCCN(C(F)=S)c1ccccc1. The average Bonchev–Trinajstić information content (AvgIpc) is 2.19. The van der Waals surface area contributed by atoms with E-state index in [0.717, 1.165) is 18.5 Å². The van der Waals surface area contributed by atoms with E-state index in [0.29, 0.717) is 6.54 Å². The van der Waals surface area contributed by atoms with Gasteiger partial charge in [0.15, 0.2) is 0 Å². The molecule has 3 heteroatoms. The summed E-state index contributed by atoms with van der Waals surface area (Å²) in [5.74, 6) is 0. The smallest absolute Gasteiger partial charge is 0.260 e. The van der Waals surface area contributed by atoms with Gasteiger partial charge in [-0.15, -0.1) is 0 Å². The Morgan fingerprint density at radius 3 is 2.50 bits per heavy atom. The Labute approximate surface area is 89.5 Å². The van der Waals surface area contributed by atoms with E-state index >= 15 is 0 Å². The molecule has 0 bridgehead atoms. The number of anilines is 1. The Kier molecular flexibility index (Phi) is 4.53. The van der Waals surface area contributed by atoms with Gasteiger partial charge in [0.1, 0.15) is 0 Å². The Hall–Kier alpha value is -0.960. The first-order chi connectivity index (χ1) is 6.75. The van der Waals surface area contributed by atoms with Gasteiger partial charge in [0, 0.05) is 12.2 Å². The molecule has 0 fully saturated rings. The summed E-state index contributed by atoms with van der Waals surface area (Å²) in [6, 6.07) is 9.39. The second-order valence-corrected chi connectivity index (χ2v) is 3.43. The van der Waals surface area contributed by atoms with Gasteiger partial charge in [0.2, 0.25) is 0 Å². The van der Waals surface area contributed by atoms with Crippen molar-refractivity contribution in [3.05, 3.63) is 30.3 Å². The van der Waals surface area contributed by atoms with Crippen molar-refractivity contribution >= 4 is 23.1 Å². The minimum absolute atomic E-state index is 0.551. The molecule has 0 aromatic heterocycles. The Balaban J connectivity index is 2.73. The molecule has 1 aromatic carbocycles. The lowest BCUT2D eigenvalue weighted by Crippen LogP contribution is -2.27. The number of hydrogen-bond acceptors (Lipinski definition) is 1. The summed E-state index contributed by atoms with van der Waals surface area (Å²) in [5.41, 5.74) is 0.827. The van der Waals surface area contributed by atoms with E-state index < -0.39 is 5.24 Å². The lowest BCUT2D eigenvalue weighted by Gasteiger charge is -2.20. The number of benzene rings is 1. The quantitative estimate of drug-likeness (QED) is 0.425. The van der Waals surface area contributed by atoms with E-state index in [1.165, 1.54) is 4.90 Å². The molecule has 0 radical (unpaired) electrons. The maximum atomic E-state index is 13.0. The number of hydrogen-bond donors (Lipinski definition) is 0. The first kappa shape index (κ1) is 11.1. The largest absolute Gasteiger partial charge is 0.309 e. The molecule has 0 spiro atoms. The fraction of sp³-hybridized carbons (Fsp3) is 0.364. The molecule has 0 aliphatic heterocycles. The van der Waals surface area contributed by atoms with Gasteiger partial charge in [0.25, 0.3) is 5.24 Å². The third-order valence-electron chi connectivity index (χ3n) is 2.02. The molecular formula is C11H14FNS. The fourth-order valence-corrected chi connectivity index (χ4v) is 1.44. The Bertz CT molecular complexity index is 287. The van der Waals surface area contributed by atoms with Crippen molar-refractivity contribution in [2.24, 2.45) is 0 Å². The summed E-state index contributed by atoms with van der Waals surface area (Å²) in [6.45, 7) is 2.72. The van der Waals surface area contributed by atoms with Crippen LogP contribution in [-0.4, -0.2) is 11.8 Å². The maximum absolute atomic E-state index is 13.0. The number of nitrogens with zero attached hydrogens (tertiary/aromatic N) is 1. The van der Waals surface area contributed by atoms with E-state index in [1.807, 2.05) is 30.3 Å². The molecule has 1 rings (SSSR count). The van der Waals surface area contributed by atoms with E-state index in [9.17, 15) is 4.39 Å². The van der Waals surface area contributed by atoms with Crippen molar-refractivity contribution < 1.29 is 4.39 Å². The molecule has 0 atom stereocenters. The van der Waals surface area contributed by atoms with Crippen LogP contribution in [0.1, 0.15) is 19.8 Å². The van der Waals surface area contributed by atoms with Crippen LogP contribution >= 0.6 is 12.2 Å². The van der Waals surface area contributed by atoms with E-state index in [-0.39, 0.29) is 0 Å². The zero-order chi connectivity index (χ0) is 10.4. The summed E-state index contributed by atoms with van der Waals surface area (Å²) in [4.78, 5) is 1.53. The zero-order valence-electron chi connectivity index (χ0n) is 8.24. The van der Waals surface area contributed by atoms with Crippen LogP contribution in [0.4, 0.5) is 10.1 Å². The minimum Gasteiger partial charge on any atom is -0.309 e. The van der Waals surface area contributed by atoms with Crippen LogP contribution in [0.25, 0.3) is 0 Å². The highest BCUT2D eigenvalue weighted by molar-refractivity contribution is 7.80. The summed E-state index contributed by atoms with van der Waals surface area (Å²) in [5, 5.41) is -0.551. The number of halogens is 1. The molecule has 0 saturated heterocycles. The Morgan fingerprint density at radius 2 is 2.00 bits per heavy atom. The second-order valence-electron chi connectivity index (χ2n) is 3.09. The first-order valence-electron chi connectivity index (χ1n) is 4.77. The zero-order valence-corrected chi connectivity index (χ0v) is 9.06. The van der Waals surface area contributed by atoms with Crippen molar-refractivity contribution in [1.82, 2.24) is 0 Å². The molecule has 1 aromatic rings. The minimum atomic E-state index is -0.551. The number of thiocarbonyl (C=S) groups is 1. The van der Waals surface area contributed by atoms with Crippen LogP contribution in [0.3, 0.4) is 0 Å². The summed E-state index contributed by atoms with van der Waals surface area (Å²) in [6.07, 6.45) is 1.98. The van der Waals surface area contributed by atoms with Gasteiger partial charge in [-0.25, -0.2) is 0 Å². The molecular weight excluding hydrogens is 197 g/mol. The summed E-state index contributed by atoms with van der Waals surface area (Å²) < 4.78 is 13.0. The van der Waals surface area contributed by atoms with E-state index in [1.54, 1.807) is 0 Å². The molecule has 76 valence electrons. The van der Waals surface area contributed by atoms with Crippen LogP contribution in [0.5, 0.6) is 0 Å². The first-order valence-corrected chi connectivity index (χ1v) is 5.18. The van der Waals surface area contributed by atoms with Gasteiger partial charge in [-0.2, -0.15) is 4.39 Å². The second kappa shape index (κ2) is 5.70. The lowest BCUT2D eigenvalue weighted by atomic mass is 10.2. The highest BCUT2D eigenvalue weighted by atomic mass is 32.1. The molecule has 0 N–H and O–H groups in total. The van der Waals surface area contributed by atoms with Crippen LogP contribution in [0.15, 0.2) is 30.3 Å². The molecule has 0 unspecified atom stereocenters. The third kappa shape index (κ3) is 3.07. The molecule has 0 heterocycles. The lowest BCUT2D eigenvalue weighted by molar-refractivity contribution is 0.737. The molecule has 0 aliphatic rings. The molecule has 0 aliphatic carbocycles. The van der Waals surface area contributed by atoms with Gasteiger partial charge < -0.3 is 4.90 Å². The van der Waals surface area contributed by atoms with E-state index in [4.69, 9.17) is 0 Å².